The van der Waals surface area contributed by atoms with Crippen molar-refractivity contribution in [2.24, 2.45) is 0 Å². The molecule has 0 spiro atoms. The van der Waals surface area contributed by atoms with Crippen molar-refractivity contribution in [3.8, 4) is 0 Å². The fourth-order valence-electron chi connectivity index (χ4n) is 1.08. The van der Waals surface area contributed by atoms with Gasteiger partial charge in [-0.25, -0.2) is 0 Å². The maximum atomic E-state index is 9.13. The molecule has 66 valence electrons. The first kappa shape index (κ1) is 8.06. The molecule has 1 fully saturated rings. The first-order valence-electron chi connectivity index (χ1n) is 3.66. The van der Waals surface area contributed by atoms with Gasteiger partial charge in [0.05, 0.1) is 31.5 Å². The highest BCUT2D eigenvalue weighted by Gasteiger charge is 2.21. The van der Waals surface area contributed by atoms with E-state index in [-0.39, 0.29) is 6.10 Å². The molecule has 5 nitrogen and oxygen atoms in total. The Hall–Kier alpha value is -0.560. The smallest absolute Gasteiger partial charge is 0.0958 e. The zero-order valence-corrected chi connectivity index (χ0v) is 7.20. The summed E-state index contributed by atoms with van der Waals surface area (Å²) in [6.45, 7) is 1.54. The molecular weight excluding hydrogens is 178 g/mol. The molecule has 0 aliphatic carbocycles. The summed E-state index contributed by atoms with van der Waals surface area (Å²) in [6, 6.07) is 0. The molecule has 12 heavy (non-hydrogen) atoms. The summed E-state index contributed by atoms with van der Waals surface area (Å²) in [4.78, 5) is 5.16. The topological polar surface area (TPSA) is 58.5 Å². The summed E-state index contributed by atoms with van der Waals surface area (Å²) in [7, 11) is 0. The largest absolute Gasteiger partial charge is 0.389 e. The van der Waals surface area contributed by atoms with E-state index >= 15 is 0 Å². The van der Waals surface area contributed by atoms with Crippen LogP contribution in [0.1, 0.15) is 5.69 Å². The van der Waals surface area contributed by atoms with Gasteiger partial charge in [-0.15, -0.1) is 5.10 Å². The third-order valence-corrected chi connectivity index (χ3v) is 2.16. The highest BCUT2D eigenvalue weighted by Crippen LogP contribution is 2.09. The van der Waals surface area contributed by atoms with E-state index in [1.165, 1.54) is 11.5 Å². The van der Waals surface area contributed by atoms with E-state index in [0.717, 1.165) is 5.69 Å². The Labute approximate surface area is 73.7 Å². The number of aliphatic hydroxyl groups is 1. The molecule has 2 rings (SSSR count). The van der Waals surface area contributed by atoms with Crippen molar-refractivity contribution in [3.63, 3.8) is 0 Å². The molecule has 0 bridgehead atoms. The number of hydrogen-bond acceptors (Lipinski definition) is 6. The predicted octanol–water partition coefficient (Wildman–Crippen LogP) is -0.354. The van der Waals surface area contributed by atoms with Crippen molar-refractivity contribution in [1.82, 2.24) is 14.7 Å². The van der Waals surface area contributed by atoms with E-state index in [4.69, 9.17) is 9.94 Å². The summed E-state index contributed by atoms with van der Waals surface area (Å²) >= 11 is 1.32. The van der Waals surface area contributed by atoms with Gasteiger partial charge in [-0.1, -0.05) is 4.49 Å². The van der Waals surface area contributed by atoms with Gasteiger partial charge in [0.15, 0.2) is 0 Å². The van der Waals surface area contributed by atoms with Gasteiger partial charge >= 0.3 is 0 Å². The second kappa shape index (κ2) is 3.44. The van der Waals surface area contributed by atoms with Crippen LogP contribution in [0.5, 0.6) is 0 Å². The first-order valence-corrected chi connectivity index (χ1v) is 4.50. The van der Waals surface area contributed by atoms with Crippen molar-refractivity contribution in [3.05, 3.63) is 11.1 Å². The van der Waals surface area contributed by atoms with Gasteiger partial charge in [-0.05, 0) is 11.5 Å². The molecule has 0 saturated carbocycles. The van der Waals surface area contributed by atoms with Crippen molar-refractivity contribution in [2.45, 2.75) is 12.6 Å². The molecule has 1 N–H and O–H groups in total. The summed E-state index contributed by atoms with van der Waals surface area (Å²) in [5.41, 5.74) is 0.883. The molecule has 1 aliphatic rings. The minimum absolute atomic E-state index is 0.364. The van der Waals surface area contributed by atoms with Gasteiger partial charge in [0.2, 0.25) is 0 Å². The molecule has 1 aliphatic heterocycles. The molecule has 1 aromatic rings. The lowest BCUT2D eigenvalue weighted by atomic mass is 10.4. The maximum absolute atomic E-state index is 9.13. The number of hydrogen-bond donors (Lipinski definition) is 1. The van der Waals surface area contributed by atoms with E-state index in [1.807, 2.05) is 5.38 Å². The Morgan fingerprint density at radius 1 is 1.83 bits per heavy atom. The molecule has 0 amide bonds. The molecule has 2 heterocycles. The van der Waals surface area contributed by atoms with E-state index < -0.39 is 0 Å². The average molecular weight is 187 g/mol. The van der Waals surface area contributed by atoms with Crippen LogP contribution in [0.15, 0.2) is 5.38 Å². The standard InChI is InChI=1S/C6H9N3O2S/c10-6-2-9(11-3-6)1-5-4-12-8-7-5/h4,6,10H,1-3H2. The number of β-amino-alcohol motifs (C(OH)–C–C–N with tert-alkyl or cyclic N) is 1. The number of hydroxylamine groups is 2. The Morgan fingerprint density at radius 2 is 2.75 bits per heavy atom. The fraction of sp³-hybridized carbons (Fsp3) is 0.667. The molecule has 1 unspecified atom stereocenters. The maximum Gasteiger partial charge on any atom is 0.0958 e. The third kappa shape index (κ3) is 1.78. The minimum atomic E-state index is -0.364. The molecular formula is C6H9N3O2S. The zero-order chi connectivity index (χ0) is 8.39. The van der Waals surface area contributed by atoms with Crippen molar-refractivity contribution in [2.75, 3.05) is 13.2 Å². The number of rotatable bonds is 2. The lowest BCUT2D eigenvalue weighted by Gasteiger charge is -2.10. The molecule has 0 aromatic carbocycles. The summed E-state index contributed by atoms with van der Waals surface area (Å²) in [6.07, 6.45) is -0.364. The van der Waals surface area contributed by atoms with Gasteiger partial charge in [-0.3, -0.25) is 4.84 Å². The van der Waals surface area contributed by atoms with E-state index in [9.17, 15) is 0 Å². The van der Waals surface area contributed by atoms with E-state index in [1.54, 1.807) is 5.06 Å². The molecule has 1 saturated heterocycles. The van der Waals surface area contributed by atoms with Gasteiger partial charge in [0.1, 0.15) is 0 Å². The molecule has 1 atom stereocenters. The monoisotopic (exact) mass is 187 g/mol. The van der Waals surface area contributed by atoms with Crippen molar-refractivity contribution < 1.29 is 9.94 Å². The highest BCUT2D eigenvalue weighted by atomic mass is 32.1. The van der Waals surface area contributed by atoms with E-state index in [2.05, 4.69) is 9.59 Å². The minimum Gasteiger partial charge on any atom is -0.389 e. The van der Waals surface area contributed by atoms with Gasteiger partial charge in [-0.2, -0.15) is 5.06 Å². The first-order chi connectivity index (χ1) is 5.84. The Kier molecular flexibility index (Phi) is 2.31. The van der Waals surface area contributed by atoms with Crippen LogP contribution >= 0.6 is 11.5 Å². The SMILES string of the molecule is OC1CON(Cc2csnn2)C1. The van der Waals surface area contributed by atoms with Crippen LogP contribution in [0.25, 0.3) is 0 Å². The highest BCUT2D eigenvalue weighted by molar-refractivity contribution is 7.03. The Balaban J connectivity index is 1.88. The van der Waals surface area contributed by atoms with Crippen LogP contribution in [-0.4, -0.2) is 39.0 Å². The van der Waals surface area contributed by atoms with Crippen molar-refractivity contribution >= 4 is 11.5 Å². The van der Waals surface area contributed by atoms with Crippen LogP contribution in [0.2, 0.25) is 0 Å². The predicted molar refractivity (Wildman–Crippen MR) is 42.3 cm³/mol. The van der Waals surface area contributed by atoms with Gasteiger partial charge in [0, 0.05) is 5.38 Å². The Bertz CT molecular complexity index is 241. The van der Waals surface area contributed by atoms with Crippen LogP contribution in [0, 0.1) is 0 Å². The normalized spacial score (nSPS) is 24.9. The fourth-order valence-corrected chi connectivity index (χ4v) is 1.52. The summed E-state index contributed by atoms with van der Waals surface area (Å²) in [5.74, 6) is 0. The number of nitrogens with zero attached hydrogens (tertiary/aromatic N) is 3. The van der Waals surface area contributed by atoms with Gasteiger partial charge < -0.3 is 5.11 Å². The molecule has 6 heteroatoms. The number of aliphatic hydroxyl groups excluding tert-OH is 1. The lowest BCUT2D eigenvalue weighted by Crippen LogP contribution is -2.20. The second-order valence-corrected chi connectivity index (χ2v) is 3.28. The van der Waals surface area contributed by atoms with Crippen LogP contribution in [-0.2, 0) is 11.4 Å². The quantitative estimate of drug-likeness (QED) is 0.685. The van der Waals surface area contributed by atoms with Crippen LogP contribution < -0.4 is 0 Å². The third-order valence-electron chi connectivity index (χ3n) is 1.61. The van der Waals surface area contributed by atoms with Gasteiger partial charge in [0.25, 0.3) is 0 Å². The molecule has 1 aromatic heterocycles. The zero-order valence-electron chi connectivity index (χ0n) is 6.38. The summed E-state index contributed by atoms with van der Waals surface area (Å²) in [5, 5.41) is 16.6. The summed E-state index contributed by atoms with van der Waals surface area (Å²) < 4.78 is 3.73. The Morgan fingerprint density at radius 3 is 3.33 bits per heavy atom. The van der Waals surface area contributed by atoms with Crippen LogP contribution in [0.4, 0.5) is 0 Å². The molecule has 0 radical (unpaired) electrons. The van der Waals surface area contributed by atoms with Crippen molar-refractivity contribution in [1.29, 1.82) is 0 Å². The lowest BCUT2D eigenvalue weighted by molar-refractivity contribution is -0.118. The average Bonchev–Trinajstić information content (AvgIpc) is 2.63. The number of aromatic nitrogens is 2. The van der Waals surface area contributed by atoms with E-state index in [0.29, 0.717) is 19.7 Å². The van der Waals surface area contributed by atoms with Crippen LogP contribution in [0.3, 0.4) is 0 Å². The second-order valence-electron chi connectivity index (χ2n) is 2.67.